The predicted octanol–water partition coefficient (Wildman–Crippen LogP) is 9.28. The highest BCUT2D eigenvalue weighted by molar-refractivity contribution is 5.70. The van der Waals surface area contributed by atoms with Crippen molar-refractivity contribution in [3.8, 4) is 0 Å². The number of unbranched alkanes of at least 4 members (excludes halogenated alkanes) is 9. The van der Waals surface area contributed by atoms with Crippen LogP contribution < -0.4 is 0 Å². The molecule has 0 aromatic heterocycles. The van der Waals surface area contributed by atoms with Crippen molar-refractivity contribution in [3.05, 3.63) is 60.8 Å². The molecule has 0 radical (unpaired) electrons. The molecule has 0 aromatic rings. The first-order valence-corrected chi connectivity index (χ1v) is 15.8. The number of hydrogen-bond acceptors (Lipinski definition) is 5. The molecule has 0 saturated heterocycles. The van der Waals surface area contributed by atoms with Gasteiger partial charge in [0.1, 0.15) is 6.61 Å². The molecule has 1 atom stereocenters. The van der Waals surface area contributed by atoms with Gasteiger partial charge in [-0.05, 0) is 64.2 Å². The molecule has 0 saturated carbocycles. The zero-order valence-corrected chi connectivity index (χ0v) is 25.6. The van der Waals surface area contributed by atoms with E-state index < -0.39 is 12.1 Å². The molecule has 1 unspecified atom stereocenters. The Morgan fingerprint density at radius 2 is 1.12 bits per heavy atom. The van der Waals surface area contributed by atoms with Crippen LogP contribution in [0, 0.1) is 0 Å². The Morgan fingerprint density at radius 1 is 0.600 bits per heavy atom. The number of rotatable bonds is 27. The lowest BCUT2D eigenvalue weighted by atomic mass is 10.1. The number of carbonyl (C=O) groups excluding carboxylic acids is 2. The number of hydrogen-bond donors (Lipinski definition) is 1. The van der Waals surface area contributed by atoms with Crippen LogP contribution in [0.2, 0.25) is 0 Å². The van der Waals surface area contributed by atoms with Gasteiger partial charge in [-0.25, -0.2) is 0 Å². The minimum atomic E-state index is -0.811. The first-order chi connectivity index (χ1) is 19.6. The molecule has 0 aliphatic rings. The predicted molar refractivity (Wildman–Crippen MR) is 168 cm³/mol. The maximum absolute atomic E-state index is 12.0. The average Bonchev–Trinajstić information content (AvgIpc) is 2.96. The van der Waals surface area contributed by atoms with Gasteiger partial charge in [0.25, 0.3) is 0 Å². The fourth-order valence-corrected chi connectivity index (χ4v) is 3.91. The number of allylic oxidation sites excluding steroid dienone is 10. The second kappa shape index (κ2) is 31.1. The van der Waals surface area contributed by atoms with Gasteiger partial charge < -0.3 is 14.6 Å². The SMILES string of the molecule is CC/C=C\C/C=C\C/C=C\C/C=C\CCC(=O)OC(CO)COC(=O)CCCCCCC/C=C\CCCCCC. The van der Waals surface area contributed by atoms with Crippen molar-refractivity contribution in [2.75, 3.05) is 13.2 Å². The standard InChI is InChI=1S/C35H58O5/c1-3-5-7-9-11-13-15-17-19-21-23-25-27-29-34(37)39-32-33(31-36)40-35(38)30-28-26-24-22-20-18-16-14-12-10-8-6-4-2/h6,8,12-15,18,20,24,26,33,36H,3-5,7,9-11,16-17,19,21-23,25,27-32H2,1-2H3/b8-6-,14-12-,15-13-,20-18-,26-24-. The molecule has 5 nitrogen and oxygen atoms in total. The smallest absolute Gasteiger partial charge is 0.306 e. The summed E-state index contributed by atoms with van der Waals surface area (Å²) in [5.41, 5.74) is 0. The molecule has 0 aromatic carbocycles. The highest BCUT2D eigenvalue weighted by Crippen LogP contribution is 2.10. The van der Waals surface area contributed by atoms with Crippen molar-refractivity contribution in [3.63, 3.8) is 0 Å². The minimum absolute atomic E-state index is 0.101. The molecule has 0 heterocycles. The van der Waals surface area contributed by atoms with Crippen LogP contribution in [0.15, 0.2) is 60.8 Å². The highest BCUT2D eigenvalue weighted by atomic mass is 16.6. The van der Waals surface area contributed by atoms with Crippen LogP contribution in [0.25, 0.3) is 0 Å². The fraction of sp³-hybridized carbons (Fsp3) is 0.657. The van der Waals surface area contributed by atoms with E-state index in [1.807, 2.05) is 12.2 Å². The molecule has 0 aliphatic heterocycles. The molecule has 1 N–H and O–H groups in total. The van der Waals surface area contributed by atoms with E-state index >= 15 is 0 Å². The summed E-state index contributed by atoms with van der Waals surface area (Å²) in [6.07, 6.45) is 38.5. The van der Waals surface area contributed by atoms with Crippen molar-refractivity contribution in [2.45, 2.75) is 136 Å². The molecule has 0 spiro atoms. The molecular weight excluding hydrogens is 500 g/mol. The first-order valence-electron chi connectivity index (χ1n) is 15.8. The van der Waals surface area contributed by atoms with E-state index in [2.05, 4.69) is 62.5 Å². The largest absolute Gasteiger partial charge is 0.462 e. The van der Waals surface area contributed by atoms with Crippen molar-refractivity contribution >= 4 is 11.9 Å². The van der Waals surface area contributed by atoms with E-state index in [1.54, 1.807) is 0 Å². The lowest BCUT2D eigenvalue weighted by molar-refractivity contribution is -0.161. The summed E-state index contributed by atoms with van der Waals surface area (Å²) in [5.74, 6) is -0.704. The van der Waals surface area contributed by atoms with Crippen molar-refractivity contribution in [2.24, 2.45) is 0 Å². The number of ether oxygens (including phenoxy) is 2. The van der Waals surface area contributed by atoms with E-state index in [4.69, 9.17) is 9.47 Å². The summed E-state index contributed by atoms with van der Waals surface area (Å²) in [6.45, 7) is 3.90. The van der Waals surface area contributed by atoms with Gasteiger partial charge in [-0.3, -0.25) is 9.59 Å². The topological polar surface area (TPSA) is 72.8 Å². The second-order valence-electron chi connectivity index (χ2n) is 10.1. The molecule has 0 amide bonds. The summed E-state index contributed by atoms with van der Waals surface area (Å²) in [6, 6.07) is 0. The Labute approximate surface area is 245 Å². The van der Waals surface area contributed by atoms with E-state index in [-0.39, 0.29) is 25.6 Å². The van der Waals surface area contributed by atoms with Crippen molar-refractivity contribution < 1.29 is 24.2 Å². The summed E-state index contributed by atoms with van der Waals surface area (Å²) in [7, 11) is 0. The lowest BCUT2D eigenvalue weighted by Gasteiger charge is -2.15. The molecular formula is C35H58O5. The van der Waals surface area contributed by atoms with Crippen LogP contribution in [0.5, 0.6) is 0 Å². The third kappa shape index (κ3) is 28.6. The average molecular weight is 559 g/mol. The lowest BCUT2D eigenvalue weighted by Crippen LogP contribution is -2.28. The Hall–Kier alpha value is -2.40. The zero-order chi connectivity index (χ0) is 29.4. The third-order valence-corrected chi connectivity index (χ3v) is 6.31. The zero-order valence-electron chi connectivity index (χ0n) is 25.6. The Balaban J connectivity index is 3.75. The van der Waals surface area contributed by atoms with Gasteiger partial charge in [-0.15, -0.1) is 0 Å². The van der Waals surface area contributed by atoms with Crippen LogP contribution in [-0.4, -0.2) is 36.4 Å². The van der Waals surface area contributed by atoms with Gasteiger partial charge in [0.15, 0.2) is 6.10 Å². The highest BCUT2D eigenvalue weighted by Gasteiger charge is 2.15. The van der Waals surface area contributed by atoms with Crippen LogP contribution >= 0.6 is 0 Å². The van der Waals surface area contributed by atoms with Gasteiger partial charge in [0.05, 0.1) is 6.61 Å². The van der Waals surface area contributed by atoms with E-state index in [0.29, 0.717) is 12.8 Å². The summed E-state index contributed by atoms with van der Waals surface area (Å²) in [5, 5.41) is 9.47. The van der Waals surface area contributed by atoms with Crippen LogP contribution in [-0.2, 0) is 19.1 Å². The molecule has 0 rings (SSSR count). The summed E-state index contributed by atoms with van der Waals surface area (Å²) in [4.78, 5) is 24.0. The van der Waals surface area contributed by atoms with Gasteiger partial charge in [-0.1, -0.05) is 113 Å². The van der Waals surface area contributed by atoms with Gasteiger partial charge in [0.2, 0.25) is 0 Å². The van der Waals surface area contributed by atoms with Crippen LogP contribution in [0.4, 0.5) is 0 Å². The molecule has 0 bridgehead atoms. The van der Waals surface area contributed by atoms with Crippen LogP contribution in [0.1, 0.15) is 129 Å². The second-order valence-corrected chi connectivity index (χ2v) is 10.1. The Kier molecular flexibility index (Phi) is 29.3. The first kappa shape index (κ1) is 37.6. The quantitative estimate of drug-likeness (QED) is 0.0618. The van der Waals surface area contributed by atoms with Gasteiger partial charge in [0, 0.05) is 12.8 Å². The molecule has 228 valence electrons. The normalized spacial score (nSPS) is 13.0. The van der Waals surface area contributed by atoms with E-state index in [1.165, 1.54) is 44.9 Å². The Bertz CT molecular complexity index is 732. The molecule has 40 heavy (non-hydrogen) atoms. The number of aliphatic hydroxyl groups excluding tert-OH is 1. The van der Waals surface area contributed by atoms with E-state index in [0.717, 1.165) is 51.4 Å². The van der Waals surface area contributed by atoms with Crippen molar-refractivity contribution in [1.29, 1.82) is 0 Å². The van der Waals surface area contributed by atoms with E-state index in [9.17, 15) is 14.7 Å². The van der Waals surface area contributed by atoms with Crippen molar-refractivity contribution in [1.82, 2.24) is 0 Å². The monoisotopic (exact) mass is 558 g/mol. The maximum Gasteiger partial charge on any atom is 0.306 e. The van der Waals surface area contributed by atoms with Gasteiger partial charge in [-0.2, -0.15) is 0 Å². The third-order valence-electron chi connectivity index (χ3n) is 6.31. The molecule has 5 heteroatoms. The number of carbonyl (C=O) groups is 2. The fourth-order valence-electron chi connectivity index (χ4n) is 3.91. The summed E-state index contributed by atoms with van der Waals surface area (Å²) < 4.78 is 10.5. The minimum Gasteiger partial charge on any atom is -0.462 e. The van der Waals surface area contributed by atoms with Gasteiger partial charge >= 0.3 is 11.9 Å². The number of aliphatic hydroxyl groups is 1. The molecule has 0 aliphatic carbocycles. The van der Waals surface area contributed by atoms with Crippen LogP contribution in [0.3, 0.4) is 0 Å². The maximum atomic E-state index is 12.0. The summed E-state index contributed by atoms with van der Waals surface area (Å²) >= 11 is 0. The molecule has 0 fully saturated rings. The number of esters is 2. The Morgan fingerprint density at radius 3 is 1.73 bits per heavy atom.